The molecule has 0 aliphatic carbocycles. The van der Waals surface area contributed by atoms with Gasteiger partial charge in [0.05, 0.1) is 6.61 Å². The molecule has 0 saturated carbocycles. The first-order valence-corrected chi connectivity index (χ1v) is 4.83. The molecule has 0 atom stereocenters. The summed E-state index contributed by atoms with van der Waals surface area (Å²) < 4.78 is 5.34. The molecule has 0 unspecified atom stereocenters. The molecule has 3 nitrogen and oxygen atoms in total. The van der Waals surface area contributed by atoms with Crippen LogP contribution in [0.4, 0.5) is 0 Å². The summed E-state index contributed by atoms with van der Waals surface area (Å²) in [4.78, 5) is 0. The summed E-state index contributed by atoms with van der Waals surface area (Å²) in [5.74, 6) is 0. The molecule has 1 aromatic carbocycles. The number of ether oxygens (including phenoxy) is 1. The van der Waals surface area contributed by atoms with Gasteiger partial charge in [0.25, 0.3) is 0 Å². The maximum Gasteiger partial charge on any atom is 0.0716 e. The minimum atomic E-state index is 0.187. The summed E-state index contributed by atoms with van der Waals surface area (Å²) >= 11 is 0. The van der Waals surface area contributed by atoms with Gasteiger partial charge in [-0.05, 0) is 17.5 Å². The van der Waals surface area contributed by atoms with E-state index in [1.165, 1.54) is 0 Å². The van der Waals surface area contributed by atoms with Crippen molar-refractivity contribution in [1.82, 2.24) is 0 Å². The van der Waals surface area contributed by atoms with Crippen LogP contribution < -0.4 is 5.73 Å². The second-order valence-corrected chi connectivity index (χ2v) is 3.15. The Bertz CT molecular complexity index is 246. The van der Waals surface area contributed by atoms with Crippen molar-refractivity contribution in [1.29, 1.82) is 0 Å². The molecule has 3 heteroatoms. The molecular weight excluding hydrogens is 178 g/mol. The maximum absolute atomic E-state index is 8.54. The average Bonchev–Trinajstić information content (AvgIpc) is 2.25. The number of aliphatic hydroxyl groups excluding tert-OH is 1. The molecule has 0 aromatic heterocycles. The maximum atomic E-state index is 8.54. The molecule has 1 rings (SSSR count). The Kier molecular flexibility index (Phi) is 5.22. The molecule has 0 aliphatic rings. The van der Waals surface area contributed by atoms with Crippen LogP contribution in [0.5, 0.6) is 0 Å². The van der Waals surface area contributed by atoms with Crippen molar-refractivity contribution < 1.29 is 9.84 Å². The molecule has 1 aromatic rings. The van der Waals surface area contributed by atoms with Gasteiger partial charge in [-0.1, -0.05) is 24.3 Å². The van der Waals surface area contributed by atoms with E-state index in [0.717, 1.165) is 11.1 Å². The van der Waals surface area contributed by atoms with Crippen molar-refractivity contribution in [2.45, 2.75) is 19.6 Å². The summed E-state index contributed by atoms with van der Waals surface area (Å²) in [6, 6.07) is 8.04. The van der Waals surface area contributed by atoms with Gasteiger partial charge in [-0.3, -0.25) is 0 Å². The van der Waals surface area contributed by atoms with Crippen molar-refractivity contribution in [2.24, 2.45) is 5.73 Å². The van der Waals surface area contributed by atoms with E-state index < -0.39 is 0 Å². The van der Waals surface area contributed by atoms with Crippen molar-refractivity contribution >= 4 is 0 Å². The SMILES string of the molecule is NCc1ccc(COCCCO)cc1. The lowest BCUT2D eigenvalue weighted by Crippen LogP contribution is -1.99. The molecule has 3 N–H and O–H groups in total. The number of hydrogen-bond acceptors (Lipinski definition) is 3. The van der Waals surface area contributed by atoms with Crippen molar-refractivity contribution in [3.63, 3.8) is 0 Å². The zero-order valence-electron chi connectivity index (χ0n) is 8.28. The monoisotopic (exact) mass is 195 g/mol. The Morgan fingerprint density at radius 1 is 1.14 bits per heavy atom. The molecule has 0 amide bonds. The highest BCUT2D eigenvalue weighted by atomic mass is 16.5. The summed E-state index contributed by atoms with van der Waals surface area (Å²) in [7, 11) is 0. The highest BCUT2D eigenvalue weighted by molar-refractivity contribution is 5.21. The number of nitrogens with two attached hydrogens (primary N) is 1. The van der Waals surface area contributed by atoms with Crippen LogP contribution in [0, 0.1) is 0 Å². The third-order valence-corrected chi connectivity index (χ3v) is 1.97. The van der Waals surface area contributed by atoms with E-state index in [0.29, 0.717) is 26.2 Å². The molecule has 0 spiro atoms. The smallest absolute Gasteiger partial charge is 0.0716 e. The summed E-state index contributed by atoms with van der Waals surface area (Å²) in [6.07, 6.45) is 0.695. The highest BCUT2D eigenvalue weighted by Gasteiger charge is 1.93. The minimum absolute atomic E-state index is 0.187. The van der Waals surface area contributed by atoms with Crippen LogP contribution in [0.3, 0.4) is 0 Å². The van der Waals surface area contributed by atoms with Gasteiger partial charge in [0, 0.05) is 19.8 Å². The van der Waals surface area contributed by atoms with Gasteiger partial charge in [-0.25, -0.2) is 0 Å². The molecule has 0 saturated heterocycles. The van der Waals surface area contributed by atoms with E-state index in [4.69, 9.17) is 15.6 Å². The predicted octanol–water partition coefficient (Wildman–Crippen LogP) is 1.04. The normalized spacial score (nSPS) is 10.4. The summed E-state index contributed by atoms with van der Waals surface area (Å²) in [6.45, 7) is 1.97. The molecule has 0 heterocycles. The number of rotatable bonds is 6. The fourth-order valence-electron chi connectivity index (χ4n) is 1.13. The van der Waals surface area contributed by atoms with Gasteiger partial charge in [0.15, 0.2) is 0 Å². The summed E-state index contributed by atoms with van der Waals surface area (Å²) in [5.41, 5.74) is 7.75. The second-order valence-electron chi connectivity index (χ2n) is 3.15. The first-order valence-electron chi connectivity index (χ1n) is 4.83. The fourth-order valence-corrected chi connectivity index (χ4v) is 1.13. The third-order valence-electron chi connectivity index (χ3n) is 1.97. The fraction of sp³-hybridized carbons (Fsp3) is 0.455. The number of benzene rings is 1. The largest absolute Gasteiger partial charge is 0.396 e. The van der Waals surface area contributed by atoms with Gasteiger partial charge < -0.3 is 15.6 Å². The highest BCUT2D eigenvalue weighted by Crippen LogP contribution is 2.05. The first-order chi connectivity index (χ1) is 6.86. The van der Waals surface area contributed by atoms with Crippen LogP contribution in [-0.2, 0) is 17.9 Å². The Hall–Kier alpha value is -0.900. The molecule has 78 valence electrons. The Balaban J connectivity index is 2.29. The van der Waals surface area contributed by atoms with Gasteiger partial charge in [-0.15, -0.1) is 0 Å². The molecule has 0 fully saturated rings. The van der Waals surface area contributed by atoms with Crippen molar-refractivity contribution in [3.05, 3.63) is 35.4 Å². The molecule has 0 bridgehead atoms. The molecular formula is C11H17NO2. The van der Waals surface area contributed by atoms with Crippen molar-refractivity contribution in [2.75, 3.05) is 13.2 Å². The van der Waals surface area contributed by atoms with Crippen LogP contribution in [0.1, 0.15) is 17.5 Å². The van der Waals surface area contributed by atoms with Crippen LogP contribution in [-0.4, -0.2) is 18.3 Å². The molecule has 0 aliphatic heterocycles. The van der Waals surface area contributed by atoms with E-state index in [9.17, 15) is 0 Å². The van der Waals surface area contributed by atoms with Crippen LogP contribution in [0.2, 0.25) is 0 Å². The quantitative estimate of drug-likeness (QED) is 0.667. The predicted molar refractivity (Wildman–Crippen MR) is 55.7 cm³/mol. The average molecular weight is 195 g/mol. The zero-order chi connectivity index (χ0) is 10.2. The van der Waals surface area contributed by atoms with E-state index in [1.807, 2.05) is 24.3 Å². The summed E-state index contributed by atoms with van der Waals surface area (Å²) in [5, 5.41) is 8.54. The molecule has 0 radical (unpaired) electrons. The number of aliphatic hydroxyl groups is 1. The lowest BCUT2D eigenvalue weighted by atomic mass is 10.1. The Morgan fingerprint density at radius 3 is 2.36 bits per heavy atom. The number of hydrogen-bond donors (Lipinski definition) is 2. The van der Waals surface area contributed by atoms with Gasteiger partial charge >= 0.3 is 0 Å². The van der Waals surface area contributed by atoms with Crippen LogP contribution in [0.15, 0.2) is 24.3 Å². The molecule has 14 heavy (non-hydrogen) atoms. The zero-order valence-corrected chi connectivity index (χ0v) is 8.28. The lowest BCUT2D eigenvalue weighted by Gasteiger charge is -2.04. The topological polar surface area (TPSA) is 55.5 Å². The Labute approximate surface area is 84.5 Å². The Morgan fingerprint density at radius 2 is 1.79 bits per heavy atom. The van der Waals surface area contributed by atoms with Gasteiger partial charge in [0.1, 0.15) is 0 Å². The van der Waals surface area contributed by atoms with E-state index in [-0.39, 0.29) is 6.61 Å². The van der Waals surface area contributed by atoms with Crippen LogP contribution >= 0.6 is 0 Å². The van der Waals surface area contributed by atoms with Crippen molar-refractivity contribution in [3.8, 4) is 0 Å². The van der Waals surface area contributed by atoms with E-state index >= 15 is 0 Å². The minimum Gasteiger partial charge on any atom is -0.396 e. The van der Waals surface area contributed by atoms with E-state index in [2.05, 4.69) is 0 Å². The standard InChI is InChI=1S/C11H17NO2/c12-8-10-2-4-11(5-3-10)9-14-7-1-6-13/h2-5,13H,1,6-9,12H2. The third kappa shape index (κ3) is 3.87. The van der Waals surface area contributed by atoms with Gasteiger partial charge in [-0.2, -0.15) is 0 Å². The van der Waals surface area contributed by atoms with Crippen LogP contribution in [0.25, 0.3) is 0 Å². The lowest BCUT2D eigenvalue weighted by molar-refractivity contribution is 0.104. The second kappa shape index (κ2) is 6.54. The van der Waals surface area contributed by atoms with E-state index in [1.54, 1.807) is 0 Å². The first kappa shape index (κ1) is 11.2. The van der Waals surface area contributed by atoms with Gasteiger partial charge in [0.2, 0.25) is 0 Å².